The Hall–Kier alpha value is -7.47. The summed E-state index contributed by atoms with van der Waals surface area (Å²) in [5.41, 5.74) is 11.3. The van der Waals surface area contributed by atoms with Crippen molar-refractivity contribution in [1.82, 2.24) is 19.5 Å². The predicted octanol–water partition coefficient (Wildman–Crippen LogP) is 14.3. The summed E-state index contributed by atoms with van der Waals surface area (Å²) in [5, 5.41) is 8.36. The molecule has 0 atom stereocenters. The van der Waals surface area contributed by atoms with Gasteiger partial charge in [-0.05, 0) is 59.3 Å². The highest BCUT2D eigenvalue weighted by Crippen LogP contribution is 2.44. The third-order valence-electron chi connectivity index (χ3n) is 11.4. The van der Waals surface area contributed by atoms with Gasteiger partial charge in [0.1, 0.15) is 0 Å². The van der Waals surface area contributed by atoms with Crippen molar-refractivity contribution in [2.75, 3.05) is 0 Å². The van der Waals surface area contributed by atoms with Crippen LogP contribution in [0.4, 0.5) is 0 Å². The molecule has 4 aromatic heterocycles. The molecule has 0 aliphatic rings. The zero-order chi connectivity index (χ0) is 38.2. The Bertz CT molecular complexity index is 3550. The van der Waals surface area contributed by atoms with E-state index in [-0.39, 0.29) is 0 Å². The molecular formula is C53H32N4S. The lowest BCUT2D eigenvalue weighted by molar-refractivity contribution is 1.17. The van der Waals surface area contributed by atoms with Gasteiger partial charge in [0.15, 0.2) is 5.82 Å². The molecule has 12 aromatic rings. The van der Waals surface area contributed by atoms with Crippen molar-refractivity contribution < 1.29 is 0 Å². The van der Waals surface area contributed by atoms with E-state index in [1.807, 2.05) is 17.4 Å². The Balaban J connectivity index is 1.09. The summed E-state index contributed by atoms with van der Waals surface area (Å²) in [7, 11) is 0. The van der Waals surface area contributed by atoms with Crippen molar-refractivity contribution in [2.45, 2.75) is 0 Å². The Kier molecular flexibility index (Phi) is 7.37. The highest BCUT2D eigenvalue weighted by molar-refractivity contribution is 7.26. The van der Waals surface area contributed by atoms with E-state index >= 15 is 0 Å². The molecule has 0 amide bonds. The van der Waals surface area contributed by atoms with E-state index in [9.17, 15) is 0 Å². The molecule has 0 fully saturated rings. The number of hydrogen-bond donors (Lipinski definition) is 0. The summed E-state index contributed by atoms with van der Waals surface area (Å²) in [4.78, 5) is 15.9. The van der Waals surface area contributed by atoms with Crippen LogP contribution in [0.3, 0.4) is 0 Å². The fraction of sp³-hybridized carbons (Fsp3) is 0. The first-order chi connectivity index (χ1) is 28.8. The van der Waals surface area contributed by atoms with Crippen molar-refractivity contribution in [3.8, 4) is 50.8 Å². The Morgan fingerprint density at radius 1 is 0.431 bits per heavy atom. The normalized spacial score (nSPS) is 11.8. The average molecular weight is 757 g/mol. The van der Waals surface area contributed by atoms with Gasteiger partial charge in [-0.15, -0.1) is 11.3 Å². The summed E-state index contributed by atoms with van der Waals surface area (Å²) >= 11 is 1.82. The maximum Gasteiger partial charge on any atom is 0.160 e. The van der Waals surface area contributed by atoms with Crippen LogP contribution in [0.2, 0.25) is 0 Å². The van der Waals surface area contributed by atoms with Gasteiger partial charge >= 0.3 is 0 Å². The standard InChI is InChI=1S/C53H32N4S/c1-3-15-34(16-4-1)44-32-45(41-23-13-22-40-39-20-10-12-25-47(39)58-52(40)41)56-53(55-44)36-26-29-37(30-27-36)57-46-24-11-9-21-42(46)49-50(35-17-5-2-6-18-35)54-43-31-28-33-14-7-8-19-38(33)48(43)51(49)57/h1-32H. The average Bonchev–Trinajstić information content (AvgIpc) is 3.86. The monoisotopic (exact) mass is 756 g/mol. The Morgan fingerprint density at radius 2 is 1.10 bits per heavy atom. The van der Waals surface area contributed by atoms with Crippen molar-refractivity contribution in [1.29, 1.82) is 0 Å². The van der Waals surface area contributed by atoms with Gasteiger partial charge in [0.2, 0.25) is 0 Å². The molecule has 0 bridgehead atoms. The molecule has 0 aliphatic heterocycles. The first-order valence-corrected chi connectivity index (χ1v) is 20.3. The highest BCUT2D eigenvalue weighted by Gasteiger charge is 2.22. The Labute approximate surface area is 338 Å². The van der Waals surface area contributed by atoms with E-state index < -0.39 is 0 Å². The molecule has 58 heavy (non-hydrogen) atoms. The van der Waals surface area contributed by atoms with E-state index in [1.165, 1.54) is 36.3 Å². The zero-order valence-corrected chi connectivity index (χ0v) is 32.0. The van der Waals surface area contributed by atoms with Crippen LogP contribution in [-0.4, -0.2) is 19.5 Å². The smallest absolute Gasteiger partial charge is 0.160 e. The van der Waals surface area contributed by atoms with Crippen molar-refractivity contribution in [3.63, 3.8) is 0 Å². The number of benzene rings is 8. The van der Waals surface area contributed by atoms with E-state index in [0.717, 1.165) is 72.3 Å². The van der Waals surface area contributed by atoms with Crippen LogP contribution in [0.1, 0.15) is 0 Å². The highest BCUT2D eigenvalue weighted by atomic mass is 32.1. The number of thiophene rings is 1. The number of fused-ring (bicyclic) bond motifs is 10. The maximum atomic E-state index is 5.40. The first kappa shape index (κ1) is 32.7. The van der Waals surface area contributed by atoms with E-state index in [0.29, 0.717) is 5.82 Å². The van der Waals surface area contributed by atoms with Crippen LogP contribution in [0.25, 0.3) is 115 Å². The van der Waals surface area contributed by atoms with Crippen LogP contribution in [0.15, 0.2) is 194 Å². The van der Waals surface area contributed by atoms with Gasteiger partial charge in [-0.3, -0.25) is 0 Å². The molecule has 0 saturated carbocycles. The molecule has 12 rings (SSSR count). The molecule has 8 aromatic carbocycles. The number of nitrogens with zero attached hydrogens (tertiary/aromatic N) is 4. The van der Waals surface area contributed by atoms with Crippen molar-refractivity contribution in [2.24, 2.45) is 0 Å². The lowest BCUT2D eigenvalue weighted by atomic mass is 9.99. The number of para-hydroxylation sites is 1. The van der Waals surface area contributed by atoms with E-state index in [2.05, 4.69) is 193 Å². The van der Waals surface area contributed by atoms with Gasteiger partial charge in [-0.1, -0.05) is 146 Å². The van der Waals surface area contributed by atoms with Gasteiger partial charge in [0.05, 0.1) is 33.6 Å². The molecule has 0 radical (unpaired) electrons. The molecular weight excluding hydrogens is 725 g/mol. The summed E-state index contributed by atoms with van der Waals surface area (Å²) in [6, 6.07) is 68.8. The molecule has 4 heterocycles. The summed E-state index contributed by atoms with van der Waals surface area (Å²) in [6.45, 7) is 0. The van der Waals surface area contributed by atoms with E-state index in [1.54, 1.807) is 0 Å². The molecule has 270 valence electrons. The zero-order valence-electron chi connectivity index (χ0n) is 31.2. The Morgan fingerprint density at radius 3 is 1.93 bits per heavy atom. The molecule has 4 nitrogen and oxygen atoms in total. The first-order valence-electron chi connectivity index (χ1n) is 19.5. The van der Waals surface area contributed by atoms with Crippen LogP contribution in [0, 0.1) is 0 Å². The molecule has 0 saturated heterocycles. The SMILES string of the molecule is c1ccc(-c2cc(-c3cccc4c3sc3ccccc34)nc(-c3ccc(-n4c5ccccc5c5c(-c6ccccc6)nc6ccc7ccccc7c6c54)cc3)n2)cc1. The second kappa shape index (κ2) is 13.1. The van der Waals surface area contributed by atoms with Gasteiger partial charge in [-0.25, -0.2) is 15.0 Å². The largest absolute Gasteiger partial charge is 0.308 e. The van der Waals surface area contributed by atoms with Crippen LogP contribution < -0.4 is 0 Å². The fourth-order valence-corrected chi connectivity index (χ4v) is 9.97. The third-order valence-corrected chi connectivity index (χ3v) is 12.6. The topological polar surface area (TPSA) is 43.6 Å². The number of aromatic nitrogens is 4. The maximum absolute atomic E-state index is 5.40. The number of hydrogen-bond acceptors (Lipinski definition) is 4. The predicted molar refractivity (Wildman–Crippen MR) is 244 cm³/mol. The second-order valence-electron chi connectivity index (χ2n) is 14.7. The van der Waals surface area contributed by atoms with Gasteiger partial charge in [0.25, 0.3) is 0 Å². The second-order valence-corrected chi connectivity index (χ2v) is 15.8. The minimum absolute atomic E-state index is 0.690. The van der Waals surface area contributed by atoms with Gasteiger partial charge < -0.3 is 4.57 Å². The van der Waals surface area contributed by atoms with Gasteiger partial charge in [-0.2, -0.15) is 0 Å². The number of rotatable bonds is 5. The molecule has 0 N–H and O–H groups in total. The summed E-state index contributed by atoms with van der Waals surface area (Å²) in [5.74, 6) is 0.690. The van der Waals surface area contributed by atoms with E-state index in [4.69, 9.17) is 15.0 Å². The summed E-state index contributed by atoms with van der Waals surface area (Å²) < 4.78 is 4.93. The molecule has 0 unspecified atom stereocenters. The van der Waals surface area contributed by atoms with Gasteiger partial charge in [0, 0.05) is 64.3 Å². The van der Waals surface area contributed by atoms with Crippen LogP contribution >= 0.6 is 11.3 Å². The minimum atomic E-state index is 0.690. The van der Waals surface area contributed by atoms with Crippen LogP contribution in [-0.2, 0) is 0 Å². The minimum Gasteiger partial charge on any atom is -0.308 e. The molecule has 5 heteroatoms. The van der Waals surface area contributed by atoms with Crippen LogP contribution in [0.5, 0.6) is 0 Å². The lowest BCUT2D eigenvalue weighted by Crippen LogP contribution is -1.98. The number of pyridine rings is 1. The lowest BCUT2D eigenvalue weighted by Gasteiger charge is -2.14. The summed E-state index contributed by atoms with van der Waals surface area (Å²) in [6.07, 6.45) is 0. The van der Waals surface area contributed by atoms with Crippen molar-refractivity contribution >= 4 is 75.0 Å². The molecule has 0 spiro atoms. The third kappa shape index (κ3) is 5.11. The quantitative estimate of drug-likeness (QED) is 0.164. The van der Waals surface area contributed by atoms with Crippen molar-refractivity contribution in [3.05, 3.63) is 194 Å². The fourth-order valence-electron chi connectivity index (χ4n) is 8.75. The molecule has 0 aliphatic carbocycles.